The van der Waals surface area contributed by atoms with Gasteiger partial charge in [-0.1, -0.05) is 71.9 Å². The van der Waals surface area contributed by atoms with Crippen LogP contribution in [0.5, 0.6) is 0 Å². The Labute approximate surface area is 281 Å². The van der Waals surface area contributed by atoms with E-state index < -0.39 is 15.6 Å². The molecule has 0 amide bonds. The summed E-state index contributed by atoms with van der Waals surface area (Å²) >= 11 is 0. The Bertz CT molecular complexity index is 1740. The molecule has 0 radical (unpaired) electrons. The summed E-state index contributed by atoms with van der Waals surface area (Å²) in [4.78, 5) is 0. The van der Waals surface area contributed by atoms with Gasteiger partial charge in [0, 0.05) is 12.8 Å². The molecule has 2 aromatic carbocycles. The zero-order chi connectivity index (χ0) is 38.6. The maximum atomic E-state index is 9.87. The molecule has 0 saturated carbocycles. The Kier molecular flexibility index (Phi) is 9.57. The Morgan fingerprint density at radius 2 is 0.760 bits per heavy atom. The second-order valence-electron chi connectivity index (χ2n) is 14.5. The van der Waals surface area contributed by atoms with Gasteiger partial charge in [-0.3, -0.25) is 0 Å². The van der Waals surface area contributed by atoms with Crippen LogP contribution in [0, 0.1) is 0 Å². The van der Waals surface area contributed by atoms with E-state index in [1.54, 1.807) is 0 Å². The zero-order valence-electron chi connectivity index (χ0n) is 28.6. The van der Waals surface area contributed by atoms with Crippen molar-refractivity contribution in [1.82, 2.24) is 19.8 Å². The number of rotatable bonds is 0. The van der Waals surface area contributed by atoms with E-state index in [1.807, 2.05) is 9.36 Å². The van der Waals surface area contributed by atoms with E-state index >= 15 is 0 Å². The Balaban J connectivity index is 0.000000408. The molecule has 6 nitrogen and oxygen atoms in total. The molecule has 5 rings (SSSR count). The van der Waals surface area contributed by atoms with Crippen LogP contribution < -0.4 is 9.36 Å². The number of hydrogen-bond donors (Lipinski definition) is 0. The van der Waals surface area contributed by atoms with Crippen molar-refractivity contribution in [2.45, 2.75) is 78.3 Å². The van der Waals surface area contributed by atoms with Gasteiger partial charge in [-0.05, 0) is 50.3 Å². The van der Waals surface area contributed by atoms with Crippen LogP contribution in [-0.2, 0) is 50.9 Å². The molecule has 20 heteroatoms. The normalized spacial score (nSPS) is 16.7. The van der Waals surface area contributed by atoms with Gasteiger partial charge in [0.15, 0.2) is 23.8 Å². The summed E-state index contributed by atoms with van der Waals surface area (Å²) in [5.41, 5.74) is 10.5. The SMILES string of the molecule is Cn1n[n+]2cc1Cc1cc(cc(C(C)(C)C)c1)Cc1c[n+](nn1C)Cc1cc(cc(C(C)(C)C)c1)C2.F[P-](F)(F)(F)(F)F.F[P-](F)(F)(F)(F)F. The zero-order valence-corrected chi connectivity index (χ0v) is 30.3. The van der Waals surface area contributed by atoms with Crippen LogP contribution in [0.3, 0.4) is 0 Å². The summed E-state index contributed by atoms with van der Waals surface area (Å²) in [5, 5.41) is 9.66. The van der Waals surface area contributed by atoms with Crippen molar-refractivity contribution in [3.05, 3.63) is 93.6 Å². The van der Waals surface area contributed by atoms with Gasteiger partial charge in [0.1, 0.15) is 27.2 Å². The predicted octanol–water partition coefficient (Wildman–Crippen LogP) is 10.7. The van der Waals surface area contributed by atoms with Crippen LogP contribution in [0.15, 0.2) is 48.8 Å². The third kappa shape index (κ3) is 16.2. The Hall–Kier alpha value is -3.26. The molecule has 0 unspecified atom stereocenters. The molecule has 8 bridgehead atoms. The van der Waals surface area contributed by atoms with Crippen molar-refractivity contribution in [1.29, 1.82) is 0 Å². The van der Waals surface area contributed by atoms with Crippen LogP contribution in [-0.4, -0.2) is 19.8 Å². The second-order valence-corrected chi connectivity index (χ2v) is 18.3. The summed E-state index contributed by atoms with van der Waals surface area (Å²) in [6.07, 6.45) is 6.12. The number of aromatic nitrogens is 6. The molecule has 1 aliphatic rings. The third-order valence-corrected chi connectivity index (χ3v) is 7.22. The first-order valence-corrected chi connectivity index (χ1v) is 19.0. The quantitative estimate of drug-likeness (QED) is 0.0894. The molecular formula is C30H40F12N6P2. The molecule has 0 spiro atoms. The van der Waals surface area contributed by atoms with Crippen molar-refractivity contribution < 1.29 is 59.7 Å². The molecule has 0 N–H and O–H groups in total. The number of hydrogen-bond acceptors (Lipinski definition) is 2. The third-order valence-electron chi connectivity index (χ3n) is 7.22. The summed E-state index contributed by atoms with van der Waals surface area (Å²) < 4.78 is 127. The molecule has 50 heavy (non-hydrogen) atoms. The van der Waals surface area contributed by atoms with E-state index in [2.05, 4.69) is 114 Å². The molecular weight excluding hydrogens is 734 g/mol. The summed E-state index contributed by atoms with van der Waals surface area (Å²) in [5.74, 6) is 0. The number of halogens is 12. The maximum absolute atomic E-state index is 10.7. The molecule has 2 aromatic heterocycles. The van der Waals surface area contributed by atoms with Crippen molar-refractivity contribution in [2.24, 2.45) is 14.1 Å². The molecule has 4 aromatic rings. The molecule has 0 fully saturated rings. The standard InChI is InChI=1S/C30H40N6.2F6P/c1-29(2,3)25-11-21-9-22(12-25)16-28-20-36(32-34(28)8)18-24-10-23(13-26(14-24)30(4,5)6)17-35-19-27(15-21)33(7)31-35;2*1-7(2,3,4,5)6/h9-14,19-20H,15-18H2,1-8H3;;/q+2;2*-1. The number of aryl methyl sites for hydroxylation is 2. The summed E-state index contributed by atoms with van der Waals surface area (Å²) in [7, 11) is -17.2. The van der Waals surface area contributed by atoms with E-state index in [0.29, 0.717) is 0 Å². The van der Waals surface area contributed by atoms with E-state index in [1.165, 1.54) is 44.8 Å². The fourth-order valence-electron chi connectivity index (χ4n) is 5.07. The second kappa shape index (κ2) is 11.6. The average molecular weight is 775 g/mol. The van der Waals surface area contributed by atoms with E-state index in [-0.39, 0.29) is 10.8 Å². The first kappa shape index (κ1) is 41.2. The van der Waals surface area contributed by atoms with Crippen molar-refractivity contribution in [3.8, 4) is 0 Å². The van der Waals surface area contributed by atoms with Crippen molar-refractivity contribution in [2.75, 3.05) is 0 Å². The van der Waals surface area contributed by atoms with Crippen LogP contribution in [0.25, 0.3) is 0 Å². The fourth-order valence-corrected chi connectivity index (χ4v) is 5.07. The first-order valence-electron chi connectivity index (χ1n) is 15.0. The Morgan fingerprint density at radius 3 is 1.04 bits per heavy atom. The van der Waals surface area contributed by atoms with Gasteiger partial charge >= 0.3 is 66.0 Å². The summed E-state index contributed by atoms with van der Waals surface area (Å²) in [6, 6.07) is 14.1. The van der Waals surface area contributed by atoms with Gasteiger partial charge in [0.05, 0.1) is 10.4 Å². The van der Waals surface area contributed by atoms with Gasteiger partial charge in [-0.15, -0.1) is 18.7 Å². The Morgan fingerprint density at radius 1 is 0.500 bits per heavy atom. The fraction of sp³-hybridized carbons (Fsp3) is 0.467. The monoisotopic (exact) mass is 774 g/mol. The molecule has 0 aliphatic carbocycles. The molecule has 0 atom stereocenters. The van der Waals surface area contributed by atoms with E-state index in [9.17, 15) is 50.4 Å². The first-order chi connectivity index (χ1) is 21.7. The van der Waals surface area contributed by atoms with Crippen molar-refractivity contribution in [3.63, 3.8) is 0 Å². The molecule has 3 heterocycles. The van der Waals surface area contributed by atoms with E-state index in [0.717, 1.165) is 25.9 Å². The number of nitrogens with zero attached hydrogens (tertiary/aromatic N) is 6. The van der Waals surface area contributed by atoms with Gasteiger partial charge in [-0.2, -0.15) is 0 Å². The predicted molar refractivity (Wildman–Crippen MR) is 168 cm³/mol. The van der Waals surface area contributed by atoms with Crippen LogP contribution >= 0.6 is 15.6 Å². The van der Waals surface area contributed by atoms with Crippen LogP contribution in [0.2, 0.25) is 0 Å². The van der Waals surface area contributed by atoms with Gasteiger partial charge < -0.3 is 0 Å². The van der Waals surface area contributed by atoms with Crippen LogP contribution in [0.4, 0.5) is 50.4 Å². The number of fused-ring (bicyclic) bond motifs is 8. The minimum atomic E-state index is -10.7. The molecule has 0 saturated heterocycles. The van der Waals surface area contributed by atoms with Crippen molar-refractivity contribution >= 4 is 15.6 Å². The van der Waals surface area contributed by atoms with Gasteiger partial charge in [0.2, 0.25) is 0 Å². The summed E-state index contributed by atoms with van der Waals surface area (Å²) in [6.45, 7) is 15.2. The van der Waals surface area contributed by atoms with E-state index in [4.69, 9.17) is 10.4 Å². The molecule has 284 valence electrons. The van der Waals surface area contributed by atoms with Crippen LogP contribution in [0.1, 0.15) is 86.3 Å². The minimum absolute atomic E-state index is 0.0684. The number of benzene rings is 2. The topological polar surface area (TPSA) is 43.4 Å². The average Bonchev–Trinajstić information content (AvgIpc) is 3.33. The molecule has 1 aliphatic heterocycles. The van der Waals surface area contributed by atoms with Gasteiger partial charge in [0.25, 0.3) is 0 Å². The van der Waals surface area contributed by atoms with Gasteiger partial charge in [-0.25, -0.2) is 0 Å².